The number of nitrogens with one attached hydrogen (secondary N) is 2. The highest BCUT2D eigenvalue weighted by atomic mass is 32.2. The number of anilines is 1. The molecule has 0 bridgehead atoms. The van der Waals surface area contributed by atoms with Crippen molar-refractivity contribution in [2.45, 2.75) is 25.9 Å². The van der Waals surface area contributed by atoms with Crippen molar-refractivity contribution in [2.24, 2.45) is 0 Å². The number of benzene rings is 1. The van der Waals surface area contributed by atoms with Gasteiger partial charge in [-0.05, 0) is 38.5 Å². The van der Waals surface area contributed by atoms with Crippen LogP contribution in [0, 0.1) is 20.8 Å². The van der Waals surface area contributed by atoms with E-state index in [0.717, 1.165) is 11.3 Å². The van der Waals surface area contributed by atoms with Gasteiger partial charge >= 0.3 is 0 Å². The molecule has 2 rings (SSSR count). The first-order chi connectivity index (χ1) is 9.95. The molecule has 0 saturated heterocycles. The largest absolute Gasteiger partial charge is 0.325 e. The summed E-state index contributed by atoms with van der Waals surface area (Å²) in [5.74, 6) is 0.0609. The van der Waals surface area contributed by atoms with Crippen molar-refractivity contribution < 1.29 is 4.79 Å². The van der Waals surface area contributed by atoms with Crippen molar-refractivity contribution in [2.75, 3.05) is 11.1 Å². The summed E-state index contributed by atoms with van der Waals surface area (Å²) < 4.78 is 0. The van der Waals surface area contributed by atoms with E-state index in [2.05, 4.69) is 15.3 Å². The number of H-pyrrole nitrogens is 1. The fraction of sp³-hybridized carbons (Fsp3) is 0.267. The Morgan fingerprint density at radius 3 is 2.76 bits per heavy atom. The van der Waals surface area contributed by atoms with Crippen molar-refractivity contribution in [1.82, 2.24) is 9.97 Å². The van der Waals surface area contributed by atoms with Crippen LogP contribution in [0.4, 0.5) is 5.69 Å². The van der Waals surface area contributed by atoms with E-state index in [4.69, 9.17) is 0 Å². The second-order valence-corrected chi connectivity index (χ2v) is 5.75. The van der Waals surface area contributed by atoms with Gasteiger partial charge in [-0.25, -0.2) is 4.98 Å². The predicted molar refractivity (Wildman–Crippen MR) is 84.9 cm³/mol. The molecule has 1 aromatic heterocycles. The van der Waals surface area contributed by atoms with Crippen LogP contribution in [0.3, 0.4) is 0 Å². The second-order valence-electron chi connectivity index (χ2n) is 4.79. The first-order valence-electron chi connectivity index (χ1n) is 6.52. The lowest BCUT2D eigenvalue weighted by atomic mass is 10.2. The average Bonchev–Trinajstić information content (AvgIpc) is 2.42. The highest BCUT2D eigenvalue weighted by Gasteiger charge is 2.08. The SMILES string of the molecule is Cc1cccc(NC(=O)CSc2nc(C)c(C)c(=O)[nH]2)c1. The van der Waals surface area contributed by atoms with E-state index >= 15 is 0 Å². The summed E-state index contributed by atoms with van der Waals surface area (Å²) in [6.45, 7) is 5.47. The fourth-order valence-corrected chi connectivity index (χ4v) is 2.45. The van der Waals surface area contributed by atoms with Crippen molar-refractivity contribution in [1.29, 1.82) is 0 Å². The minimum atomic E-state index is -0.163. The summed E-state index contributed by atoms with van der Waals surface area (Å²) in [7, 11) is 0. The molecule has 0 aliphatic rings. The summed E-state index contributed by atoms with van der Waals surface area (Å²) in [5.41, 5.74) is 2.97. The number of carbonyl (C=O) groups excluding carboxylic acids is 1. The summed E-state index contributed by atoms with van der Waals surface area (Å²) in [5, 5.41) is 3.27. The zero-order valence-electron chi connectivity index (χ0n) is 12.2. The molecule has 0 saturated carbocycles. The van der Waals surface area contributed by atoms with Crippen LogP contribution in [-0.2, 0) is 4.79 Å². The van der Waals surface area contributed by atoms with Crippen LogP contribution in [0.5, 0.6) is 0 Å². The van der Waals surface area contributed by atoms with Crippen LogP contribution in [0.15, 0.2) is 34.2 Å². The molecule has 5 nitrogen and oxygen atoms in total. The fourth-order valence-electron chi connectivity index (χ4n) is 1.74. The number of amides is 1. The number of nitrogens with zero attached hydrogens (tertiary/aromatic N) is 1. The Hall–Kier alpha value is -2.08. The Kier molecular flexibility index (Phi) is 4.80. The molecule has 2 N–H and O–H groups in total. The predicted octanol–water partition coefficient (Wildman–Crippen LogP) is 2.43. The Bertz CT molecular complexity index is 725. The number of thioether (sulfide) groups is 1. The maximum absolute atomic E-state index is 11.9. The van der Waals surface area contributed by atoms with Crippen LogP contribution in [0.1, 0.15) is 16.8 Å². The van der Waals surface area contributed by atoms with Crippen LogP contribution < -0.4 is 10.9 Å². The normalized spacial score (nSPS) is 10.4. The zero-order chi connectivity index (χ0) is 15.4. The van der Waals surface area contributed by atoms with Gasteiger partial charge in [-0.1, -0.05) is 23.9 Å². The molecule has 0 atom stereocenters. The standard InChI is InChI=1S/C15H17N3O2S/c1-9-5-4-6-12(7-9)17-13(19)8-21-15-16-11(3)10(2)14(20)18-15/h4-7H,8H2,1-3H3,(H,17,19)(H,16,18,20). The number of rotatable bonds is 4. The van der Waals surface area contributed by atoms with Crippen molar-refractivity contribution in [3.05, 3.63) is 51.4 Å². The molecule has 0 spiro atoms. The summed E-state index contributed by atoms with van der Waals surface area (Å²) in [6, 6.07) is 7.60. The first kappa shape index (κ1) is 15.3. The van der Waals surface area contributed by atoms with Gasteiger partial charge in [0.05, 0.1) is 5.75 Å². The minimum absolute atomic E-state index is 0.133. The van der Waals surface area contributed by atoms with Gasteiger partial charge < -0.3 is 10.3 Å². The topological polar surface area (TPSA) is 74.8 Å². The van der Waals surface area contributed by atoms with Crippen molar-refractivity contribution >= 4 is 23.4 Å². The average molecular weight is 303 g/mol. The van der Waals surface area contributed by atoms with Gasteiger partial charge in [0.15, 0.2) is 5.16 Å². The number of aromatic nitrogens is 2. The first-order valence-corrected chi connectivity index (χ1v) is 7.51. The quantitative estimate of drug-likeness (QED) is 0.672. The number of hydrogen-bond acceptors (Lipinski definition) is 4. The Balaban J connectivity index is 1.97. The third-order valence-electron chi connectivity index (χ3n) is 3.01. The highest BCUT2D eigenvalue weighted by Crippen LogP contribution is 2.14. The van der Waals surface area contributed by atoms with E-state index in [1.807, 2.05) is 31.2 Å². The molecular formula is C15H17N3O2S. The summed E-state index contributed by atoms with van der Waals surface area (Å²) >= 11 is 1.21. The molecular weight excluding hydrogens is 286 g/mol. The van der Waals surface area contributed by atoms with Gasteiger partial charge in [0, 0.05) is 16.9 Å². The van der Waals surface area contributed by atoms with Crippen LogP contribution in [0.25, 0.3) is 0 Å². The molecule has 2 aromatic rings. The van der Waals surface area contributed by atoms with E-state index in [-0.39, 0.29) is 17.2 Å². The maximum atomic E-state index is 11.9. The van der Waals surface area contributed by atoms with Crippen LogP contribution in [-0.4, -0.2) is 21.6 Å². The summed E-state index contributed by atoms with van der Waals surface area (Å²) in [4.78, 5) is 30.4. The zero-order valence-corrected chi connectivity index (χ0v) is 13.0. The number of hydrogen-bond donors (Lipinski definition) is 2. The molecule has 0 unspecified atom stereocenters. The van der Waals surface area contributed by atoms with Crippen molar-refractivity contribution in [3.8, 4) is 0 Å². The molecule has 0 fully saturated rings. The Morgan fingerprint density at radius 2 is 2.10 bits per heavy atom. The van der Waals surface area contributed by atoms with Gasteiger partial charge in [-0.15, -0.1) is 0 Å². The lowest BCUT2D eigenvalue weighted by Crippen LogP contribution is -2.17. The Morgan fingerprint density at radius 1 is 1.33 bits per heavy atom. The highest BCUT2D eigenvalue weighted by molar-refractivity contribution is 7.99. The van der Waals surface area contributed by atoms with Crippen LogP contribution >= 0.6 is 11.8 Å². The molecule has 110 valence electrons. The van der Waals surface area contributed by atoms with Gasteiger partial charge in [-0.2, -0.15) is 0 Å². The molecule has 0 aliphatic carbocycles. The number of carbonyl (C=O) groups is 1. The maximum Gasteiger partial charge on any atom is 0.254 e. The molecule has 1 amide bonds. The third-order valence-corrected chi connectivity index (χ3v) is 3.89. The van der Waals surface area contributed by atoms with Gasteiger partial charge in [-0.3, -0.25) is 9.59 Å². The minimum Gasteiger partial charge on any atom is -0.325 e. The van der Waals surface area contributed by atoms with Crippen LogP contribution in [0.2, 0.25) is 0 Å². The molecule has 1 aromatic carbocycles. The lowest BCUT2D eigenvalue weighted by Gasteiger charge is -2.06. The number of aromatic amines is 1. The van der Waals surface area contributed by atoms with E-state index in [1.54, 1.807) is 13.8 Å². The number of aryl methyl sites for hydroxylation is 2. The molecule has 0 aliphatic heterocycles. The van der Waals surface area contributed by atoms with Gasteiger partial charge in [0.25, 0.3) is 5.56 Å². The van der Waals surface area contributed by atoms with E-state index in [1.165, 1.54) is 11.8 Å². The van der Waals surface area contributed by atoms with Gasteiger partial charge in [0.2, 0.25) is 5.91 Å². The molecule has 21 heavy (non-hydrogen) atoms. The Labute approximate surface area is 127 Å². The van der Waals surface area contributed by atoms with E-state index in [9.17, 15) is 9.59 Å². The second kappa shape index (κ2) is 6.58. The summed E-state index contributed by atoms with van der Waals surface area (Å²) in [6.07, 6.45) is 0. The van der Waals surface area contributed by atoms with E-state index < -0.39 is 0 Å². The third kappa shape index (κ3) is 4.19. The lowest BCUT2D eigenvalue weighted by molar-refractivity contribution is -0.113. The van der Waals surface area contributed by atoms with Gasteiger partial charge in [0.1, 0.15) is 0 Å². The van der Waals surface area contributed by atoms with E-state index in [0.29, 0.717) is 16.4 Å². The molecule has 1 heterocycles. The molecule has 6 heteroatoms. The molecule has 0 radical (unpaired) electrons. The monoisotopic (exact) mass is 303 g/mol. The smallest absolute Gasteiger partial charge is 0.254 e. The van der Waals surface area contributed by atoms with Crippen molar-refractivity contribution in [3.63, 3.8) is 0 Å².